The van der Waals surface area contributed by atoms with Crippen LogP contribution in [0.25, 0.3) is 0 Å². The smallest absolute Gasteiger partial charge is 0.251 e. The zero-order chi connectivity index (χ0) is 14.5. The molecule has 0 fully saturated rings. The van der Waals surface area contributed by atoms with Crippen LogP contribution in [0.2, 0.25) is 0 Å². The van der Waals surface area contributed by atoms with Crippen molar-refractivity contribution in [2.45, 2.75) is 26.3 Å². The maximum atomic E-state index is 12.2. The van der Waals surface area contributed by atoms with Crippen LogP contribution in [0.4, 0.5) is 0 Å². The molecule has 2 aromatic carbocycles. The summed E-state index contributed by atoms with van der Waals surface area (Å²) in [5.74, 6) is -0.0371. The number of aryl methyl sites for hydroxylation is 1. The van der Waals surface area contributed by atoms with E-state index in [1.807, 2.05) is 24.3 Å². The molecule has 2 nitrogen and oxygen atoms in total. The van der Waals surface area contributed by atoms with Gasteiger partial charge in [-0.2, -0.15) is 0 Å². The number of rotatable bonds is 4. The Bertz CT molecular complexity index is 575. The fraction of sp³-hybridized carbons (Fsp3) is 0.235. The van der Waals surface area contributed by atoms with Crippen molar-refractivity contribution in [2.24, 2.45) is 0 Å². The van der Waals surface area contributed by atoms with Crippen LogP contribution in [0.3, 0.4) is 0 Å². The Hall–Kier alpha value is -1.61. The number of hydrogen-bond acceptors (Lipinski definition) is 1. The van der Waals surface area contributed by atoms with Crippen molar-refractivity contribution < 1.29 is 4.79 Å². The Labute approximate surface area is 128 Å². The highest BCUT2D eigenvalue weighted by atomic mass is 79.9. The van der Waals surface area contributed by atoms with Crippen LogP contribution in [-0.4, -0.2) is 5.91 Å². The molecule has 1 atom stereocenters. The predicted molar refractivity (Wildman–Crippen MR) is 85.8 cm³/mol. The van der Waals surface area contributed by atoms with Gasteiger partial charge in [-0.3, -0.25) is 4.79 Å². The number of hydrogen-bond donors (Lipinski definition) is 1. The molecule has 0 radical (unpaired) electrons. The first-order chi connectivity index (χ1) is 9.60. The summed E-state index contributed by atoms with van der Waals surface area (Å²) in [4.78, 5) is 12.2. The largest absolute Gasteiger partial charge is 0.345 e. The summed E-state index contributed by atoms with van der Waals surface area (Å²) >= 11 is 3.37. The van der Waals surface area contributed by atoms with Crippen LogP contribution in [0, 0.1) is 6.92 Å². The molecule has 1 amide bonds. The summed E-state index contributed by atoms with van der Waals surface area (Å²) in [6.07, 6.45) is 0.866. The number of halogens is 1. The molecule has 20 heavy (non-hydrogen) atoms. The van der Waals surface area contributed by atoms with Gasteiger partial charge in [0.05, 0.1) is 6.04 Å². The molecule has 1 N–H and O–H groups in total. The fourth-order valence-corrected chi connectivity index (χ4v) is 2.33. The second-order valence-electron chi connectivity index (χ2n) is 4.85. The Morgan fingerprint density at radius 3 is 2.25 bits per heavy atom. The van der Waals surface area contributed by atoms with E-state index in [0.29, 0.717) is 5.56 Å². The van der Waals surface area contributed by atoms with Gasteiger partial charge in [0.15, 0.2) is 0 Å². The molecule has 2 rings (SSSR count). The second-order valence-corrected chi connectivity index (χ2v) is 5.77. The van der Waals surface area contributed by atoms with Crippen molar-refractivity contribution in [2.75, 3.05) is 0 Å². The minimum atomic E-state index is -0.0371. The van der Waals surface area contributed by atoms with Crippen LogP contribution in [0.5, 0.6) is 0 Å². The minimum absolute atomic E-state index is 0.0371. The molecule has 0 aliphatic carbocycles. The van der Waals surface area contributed by atoms with Gasteiger partial charge in [-0.15, -0.1) is 0 Å². The van der Waals surface area contributed by atoms with Crippen molar-refractivity contribution in [3.63, 3.8) is 0 Å². The van der Waals surface area contributed by atoms with E-state index in [2.05, 4.69) is 59.4 Å². The van der Waals surface area contributed by atoms with Crippen LogP contribution in [0.15, 0.2) is 53.0 Å². The molecule has 0 spiro atoms. The molecular weight excluding hydrogens is 314 g/mol. The summed E-state index contributed by atoms with van der Waals surface area (Å²) in [7, 11) is 0. The Morgan fingerprint density at radius 2 is 1.70 bits per heavy atom. The van der Waals surface area contributed by atoms with Crippen molar-refractivity contribution in [1.29, 1.82) is 0 Å². The van der Waals surface area contributed by atoms with E-state index < -0.39 is 0 Å². The summed E-state index contributed by atoms with van der Waals surface area (Å²) in [6.45, 7) is 4.14. The van der Waals surface area contributed by atoms with E-state index in [4.69, 9.17) is 0 Å². The van der Waals surface area contributed by atoms with Crippen LogP contribution >= 0.6 is 15.9 Å². The van der Waals surface area contributed by atoms with Gasteiger partial charge in [-0.05, 0) is 43.2 Å². The van der Waals surface area contributed by atoms with E-state index in [-0.39, 0.29) is 11.9 Å². The monoisotopic (exact) mass is 331 g/mol. The maximum Gasteiger partial charge on any atom is 0.251 e. The summed E-state index contributed by atoms with van der Waals surface area (Å²) < 4.78 is 0.972. The zero-order valence-corrected chi connectivity index (χ0v) is 13.3. The van der Waals surface area contributed by atoms with Gasteiger partial charge in [0.1, 0.15) is 0 Å². The van der Waals surface area contributed by atoms with E-state index in [0.717, 1.165) is 16.5 Å². The maximum absolute atomic E-state index is 12.2. The molecule has 0 aliphatic rings. The summed E-state index contributed by atoms with van der Waals surface area (Å²) in [5, 5.41) is 3.08. The average molecular weight is 332 g/mol. The lowest BCUT2D eigenvalue weighted by molar-refractivity contribution is 0.0935. The SMILES string of the molecule is CC[C@H](NC(=O)c1ccc(Br)cc1)c1ccc(C)cc1. The molecule has 0 bridgehead atoms. The van der Waals surface area contributed by atoms with Crippen molar-refractivity contribution in [3.8, 4) is 0 Å². The molecule has 2 aromatic rings. The predicted octanol–water partition coefficient (Wildman–Crippen LogP) is 4.64. The molecule has 0 aromatic heterocycles. The third-order valence-electron chi connectivity index (χ3n) is 3.30. The Kier molecular flexibility index (Phi) is 4.96. The van der Waals surface area contributed by atoms with Gasteiger partial charge in [0, 0.05) is 10.0 Å². The van der Waals surface area contributed by atoms with Gasteiger partial charge >= 0.3 is 0 Å². The van der Waals surface area contributed by atoms with Gasteiger partial charge in [0.2, 0.25) is 0 Å². The highest BCUT2D eigenvalue weighted by Crippen LogP contribution is 2.18. The number of nitrogens with one attached hydrogen (secondary N) is 1. The molecule has 3 heteroatoms. The summed E-state index contributed by atoms with van der Waals surface area (Å²) in [6, 6.07) is 15.7. The van der Waals surface area contributed by atoms with Crippen LogP contribution in [-0.2, 0) is 0 Å². The molecule has 0 unspecified atom stereocenters. The lowest BCUT2D eigenvalue weighted by Crippen LogP contribution is -2.28. The first-order valence-corrected chi connectivity index (χ1v) is 7.52. The topological polar surface area (TPSA) is 29.1 Å². The van der Waals surface area contributed by atoms with Crippen LogP contribution < -0.4 is 5.32 Å². The molecule has 104 valence electrons. The zero-order valence-electron chi connectivity index (χ0n) is 11.7. The quantitative estimate of drug-likeness (QED) is 0.868. The molecule has 0 saturated heterocycles. The highest BCUT2D eigenvalue weighted by Gasteiger charge is 2.13. The van der Waals surface area contributed by atoms with Gasteiger partial charge in [-0.1, -0.05) is 52.7 Å². The molecular formula is C17H18BrNO. The van der Waals surface area contributed by atoms with Crippen LogP contribution in [0.1, 0.15) is 40.9 Å². The second kappa shape index (κ2) is 6.71. The lowest BCUT2D eigenvalue weighted by Gasteiger charge is -2.17. The molecule has 0 saturated carbocycles. The normalized spacial score (nSPS) is 11.9. The van der Waals surface area contributed by atoms with Gasteiger partial charge in [0.25, 0.3) is 5.91 Å². The van der Waals surface area contributed by atoms with Crippen molar-refractivity contribution in [1.82, 2.24) is 5.32 Å². The van der Waals surface area contributed by atoms with Crippen molar-refractivity contribution in [3.05, 3.63) is 69.7 Å². The summed E-state index contributed by atoms with van der Waals surface area (Å²) in [5.41, 5.74) is 3.05. The minimum Gasteiger partial charge on any atom is -0.345 e. The van der Waals surface area contributed by atoms with Gasteiger partial charge in [-0.25, -0.2) is 0 Å². The molecule has 0 heterocycles. The molecule has 0 aliphatic heterocycles. The standard InChI is InChI=1S/C17H18BrNO/c1-3-16(13-6-4-12(2)5-7-13)19-17(20)14-8-10-15(18)11-9-14/h4-11,16H,3H2,1-2H3,(H,19,20)/t16-/m0/s1. The van der Waals surface area contributed by atoms with Gasteiger partial charge < -0.3 is 5.32 Å². The third-order valence-corrected chi connectivity index (χ3v) is 3.83. The number of benzene rings is 2. The number of carbonyl (C=O) groups excluding carboxylic acids is 1. The Morgan fingerprint density at radius 1 is 1.10 bits per heavy atom. The first-order valence-electron chi connectivity index (χ1n) is 6.73. The van der Waals surface area contributed by atoms with E-state index in [1.165, 1.54) is 5.56 Å². The number of amides is 1. The fourth-order valence-electron chi connectivity index (χ4n) is 2.06. The van der Waals surface area contributed by atoms with Crippen molar-refractivity contribution >= 4 is 21.8 Å². The first kappa shape index (κ1) is 14.8. The number of carbonyl (C=O) groups is 1. The van der Waals surface area contributed by atoms with E-state index in [9.17, 15) is 4.79 Å². The third kappa shape index (κ3) is 3.70. The van der Waals surface area contributed by atoms with E-state index in [1.54, 1.807) is 0 Å². The lowest BCUT2D eigenvalue weighted by atomic mass is 10.0. The average Bonchev–Trinajstić information content (AvgIpc) is 2.46. The highest BCUT2D eigenvalue weighted by molar-refractivity contribution is 9.10. The Balaban J connectivity index is 2.11. The van der Waals surface area contributed by atoms with E-state index >= 15 is 0 Å².